The third-order valence-electron chi connectivity index (χ3n) is 3.94. The molecule has 1 aliphatic carbocycles. The molecule has 0 aliphatic heterocycles. The molecule has 2 N–H and O–H groups in total. The van der Waals surface area contributed by atoms with Crippen molar-refractivity contribution in [3.8, 4) is 0 Å². The minimum atomic E-state index is -3.51. The van der Waals surface area contributed by atoms with E-state index in [9.17, 15) is 8.42 Å². The Morgan fingerprint density at radius 2 is 1.65 bits per heavy atom. The van der Waals surface area contributed by atoms with E-state index in [4.69, 9.17) is 10.0 Å². The fraction of sp³-hybridized carbons (Fsp3) is 0.538. The van der Waals surface area contributed by atoms with Crippen LogP contribution >= 0.6 is 0 Å². The van der Waals surface area contributed by atoms with Crippen molar-refractivity contribution in [2.24, 2.45) is 0 Å². The van der Waals surface area contributed by atoms with Gasteiger partial charge in [-0.25, -0.2) is 8.42 Å². The first kappa shape index (κ1) is 15.5. The lowest BCUT2D eigenvalue weighted by Crippen LogP contribution is -2.38. The SMILES string of the molecule is CN(C1CCCCC1)S(=O)(=O)c1ccc(B(O)O)cc1. The maximum atomic E-state index is 12.5. The summed E-state index contributed by atoms with van der Waals surface area (Å²) in [6.45, 7) is 0. The lowest BCUT2D eigenvalue weighted by atomic mass is 9.81. The highest BCUT2D eigenvalue weighted by atomic mass is 32.2. The quantitative estimate of drug-likeness (QED) is 0.785. The van der Waals surface area contributed by atoms with Crippen LogP contribution < -0.4 is 5.46 Å². The lowest BCUT2D eigenvalue weighted by Gasteiger charge is -2.30. The summed E-state index contributed by atoms with van der Waals surface area (Å²) in [6, 6.07) is 5.75. The molecule has 2 rings (SSSR count). The Hall–Kier alpha value is -0.885. The molecule has 0 atom stereocenters. The van der Waals surface area contributed by atoms with Gasteiger partial charge in [0.25, 0.3) is 0 Å². The van der Waals surface area contributed by atoms with E-state index in [1.54, 1.807) is 7.05 Å². The van der Waals surface area contributed by atoms with Crippen LogP contribution in [0.2, 0.25) is 0 Å². The van der Waals surface area contributed by atoms with Crippen LogP contribution in [-0.4, -0.2) is 43.0 Å². The van der Waals surface area contributed by atoms with E-state index in [0.717, 1.165) is 25.7 Å². The van der Waals surface area contributed by atoms with E-state index in [1.807, 2.05) is 0 Å². The maximum absolute atomic E-state index is 12.5. The number of benzene rings is 1. The van der Waals surface area contributed by atoms with Crippen LogP contribution in [0.5, 0.6) is 0 Å². The second kappa shape index (κ2) is 6.26. The molecule has 1 saturated carbocycles. The first-order valence-electron chi connectivity index (χ1n) is 6.87. The van der Waals surface area contributed by atoms with E-state index in [0.29, 0.717) is 0 Å². The van der Waals surface area contributed by atoms with E-state index < -0.39 is 17.1 Å². The van der Waals surface area contributed by atoms with E-state index in [1.165, 1.54) is 35.0 Å². The summed E-state index contributed by atoms with van der Waals surface area (Å²) < 4.78 is 26.5. The third kappa shape index (κ3) is 3.23. The molecule has 0 amide bonds. The Balaban J connectivity index is 2.20. The first-order valence-corrected chi connectivity index (χ1v) is 8.31. The highest BCUT2D eigenvalue weighted by molar-refractivity contribution is 7.89. The fourth-order valence-electron chi connectivity index (χ4n) is 2.62. The van der Waals surface area contributed by atoms with Crippen molar-refractivity contribution in [1.82, 2.24) is 4.31 Å². The van der Waals surface area contributed by atoms with Gasteiger partial charge in [0.1, 0.15) is 0 Å². The van der Waals surface area contributed by atoms with Crippen LogP contribution in [0, 0.1) is 0 Å². The lowest BCUT2D eigenvalue weighted by molar-refractivity contribution is 0.286. The molecular weight excluding hydrogens is 277 g/mol. The summed E-state index contributed by atoms with van der Waals surface area (Å²) in [7, 11) is -3.47. The Morgan fingerprint density at radius 1 is 1.10 bits per heavy atom. The normalized spacial score (nSPS) is 17.4. The van der Waals surface area contributed by atoms with Gasteiger partial charge in [0, 0.05) is 13.1 Å². The van der Waals surface area contributed by atoms with Gasteiger partial charge in [-0.15, -0.1) is 0 Å². The number of rotatable bonds is 4. The third-order valence-corrected chi connectivity index (χ3v) is 5.87. The predicted molar refractivity (Wildman–Crippen MR) is 78.1 cm³/mol. The average molecular weight is 297 g/mol. The predicted octanol–water partition coefficient (Wildman–Crippen LogP) is 0.320. The molecule has 5 nitrogen and oxygen atoms in total. The van der Waals surface area contributed by atoms with Crippen molar-refractivity contribution < 1.29 is 18.5 Å². The topological polar surface area (TPSA) is 77.8 Å². The molecule has 7 heteroatoms. The van der Waals surface area contributed by atoms with Gasteiger partial charge >= 0.3 is 7.12 Å². The Kier molecular flexibility index (Phi) is 4.85. The minimum Gasteiger partial charge on any atom is -0.423 e. The Bertz CT molecular complexity index is 538. The standard InChI is InChI=1S/C13H20BNO4S/c1-15(12-5-3-2-4-6-12)20(18,19)13-9-7-11(8-10-13)14(16)17/h7-10,12,16-17H,2-6H2,1H3. The van der Waals surface area contributed by atoms with Crippen LogP contribution in [0.25, 0.3) is 0 Å². The smallest absolute Gasteiger partial charge is 0.423 e. The second-order valence-corrected chi connectivity index (χ2v) is 7.25. The molecule has 110 valence electrons. The fourth-order valence-corrected chi connectivity index (χ4v) is 4.03. The number of hydrogen-bond acceptors (Lipinski definition) is 4. The summed E-state index contributed by atoms with van der Waals surface area (Å²) in [5, 5.41) is 18.1. The van der Waals surface area contributed by atoms with E-state index >= 15 is 0 Å². The zero-order chi connectivity index (χ0) is 14.8. The van der Waals surface area contributed by atoms with E-state index in [2.05, 4.69) is 0 Å². The van der Waals surface area contributed by atoms with Gasteiger partial charge in [-0.3, -0.25) is 0 Å². The molecule has 1 aliphatic rings. The van der Waals surface area contributed by atoms with Gasteiger partial charge in [0.05, 0.1) is 4.90 Å². The summed E-state index contributed by atoms with van der Waals surface area (Å²) >= 11 is 0. The Morgan fingerprint density at radius 3 is 2.15 bits per heavy atom. The van der Waals surface area contributed by atoms with Gasteiger partial charge in [0.2, 0.25) is 10.0 Å². The van der Waals surface area contributed by atoms with Crippen molar-refractivity contribution in [2.45, 2.75) is 43.0 Å². The highest BCUT2D eigenvalue weighted by Crippen LogP contribution is 2.26. The summed E-state index contributed by atoms with van der Waals surface area (Å²) in [5.41, 5.74) is 0.282. The van der Waals surface area contributed by atoms with Crippen molar-refractivity contribution >= 4 is 22.6 Å². The van der Waals surface area contributed by atoms with Crippen LogP contribution in [0.3, 0.4) is 0 Å². The van der Waals surface area contributed by atoms with E-state index in [-0.39, 0.29) is 16.4 Å². The number of sulfonamides is 1. The molecule has 1 fully saturated rings. The molecular formula is C13H20BNO4S. The van der Waals surface area contributed by atoms with Gasteiger partial charge in [-0.2, -0.15) is 4.31 Å². The number of nitrogens with zero attached hydrogens (tertiary/aromatic N) is 1. The van der Waals surface area contributed by atoms with Crippen LogP contribution in [0.4, 0.5) is 0 Å². The monoisotopic (exact) mass is 297 g/mol. The molecule has 0 saturated heterocycles. The van der Waals surface area contributed by atoms with Crippen LogP contribution in [-0.2, 0) is 10.0 Å². The van der Waals surface area contributed by atoms with Gasteiger partial charge in [0.15, 0.2) is 0 Å². The largest absolute Gasteiger partial charge is 0.488 e. The molecule has 20 heavy (non-hydrogen) atoms. The molecule has 0 unspecified atom stereocenters. The zero-order valence-corrected chi connectivity index (χ0v) is 12.4. The Labute approximate surface area is 120 Å². The summed E-state index contributed by atoms with van der Waals surface area (Å²) in [4.78, 5) is 0.190. The minimum absolute atomic E-state index is 0.0665. The molecule has 0 aromatic heterocycles. The van der Waals surface area contributed by atoms with Crippen LogP contribution in [0.15, 0.2) is 29.2 Å². The second-order valence-electron chi connectivity index (χ2n) is 5.26. The maximum Gasteiger partial charge on any atom is 0.488 e. The summed E-state index contributed by atoms with van der Waals surface area (Å²) in [5.74, 6) is 0. The average Bonchev–Trinajstić information content (AvgIpc) is 2.47. The van der Waals surface area contributed by atoms with Gasteiger partial charge in [-0.05, 0) is 30.4 Å². The molecule has 1 aromatic rings. The van der Waals surface area contributed by atoms with Crippen molar-refractivity contribution in [2.75, 3.05) is 7.05 Å². The molecule has 1 aromatic carbocycles. The molecule has 0 bridgehead atoms. The molecule has 0 spiro atoms. The first-order chi connectivity index (χ1) is 9.43. The summed E-state index contributed by atoms with van der Waals surface area (Å²) in [6.07, 6.45) is 5.13. The number of hydrogen-bond donors (Lipinski definition) is 2. The zero-order valence-electron chi connectivity index (χ0n) is 11.6. The van der Waals surface area contributed by atoms with Crippen molar-refractivity contribution in [3.63, 3.8) is 0 Å². The van der Waals surface area contributed by atoms with Crippen molar-refractivity contribution in [3.05, 3.63) is 24.3 Å². The van der Waals surface area contributed by atoms with Crippen molar-refractivity contribution in [1.29, 1.82) is 0 Å². The molecule has 0 radical (unpaired) electrons. The van der Waals surface area contributed by atoms with Gasteiger partial charge in [-0.1, -0.05) is 31.4 Å². The molecule has 0 heterocycles. The highest BCUT2D eigenvalue weighted by Gasteiger charge is 2.29. The van der Waals surface area contributed by atoms with Gasteiger partial charge < -0.3 is 10.0 Å². The van der Waals surface area contributed by atoms with Crippen LogP contribution in [0.1, 0.15) is 32.1 Å².